The number of rotatable bonds is 3. The molecular weight excluding hydrogens is 282 g/mol. The van der Waals surface area contributed by atoms with Gasteiger partial charge in [-0.05, 0) is 35.4 Å². The van der Waals surface area contributed by atoms with Gasteiger partial charge in [0.25, 0.3) is 0 Å². The van der Waals surface area contributed by atoms with Gasteiger partial charge in [0.15, 0.2) is 5.82 Å². The molecule has 0 fully saturated rings. The van der Waals surface area contributed by atoms with E-state index >= 15 is 0 Å². The number of tetrazole rings is 1. The van der Waals surface area contributed by atoms with Crippen LogP contribution in [-0.2, 0) is 13.5 Å². The Morgan fingerprint density at radius 3 is 2.82 bits per heavy atom. The number of nitrogens with two attached hydrogens (primary N) is 1. The SMILES string of the molecule is Cc1cc(Br)ccc1C(N)Cc1nnn(C)n1. The number of halogens is 1. The average Bonchev–Trinajstić information content (AvgIpc) is 2.63. The molecule has 0 radical (unpaired) electrons. The summed E-state index contributed by atoms with van der Waals surface area (Å²) in [5.41, 5.74) is 8.43. The molecule has 0 saturated carbocycles. The van der Waals surface area contributed by atoms with Crippen LogP contribution in [0.3, 0.4) is 0 Å². The van der Waals surface area contributed by atoms with Gasteiger partial charge in [0.1, 0.15) is 0 Å². The van der Waals surface area contributed by atoms with Crippen molar-refractivity contribution in [2.24, 2.45) is 12.8 Å². The third kappa shape index (κ3) is 2.89. The van der Waals surface area contributed by atoms with Crippen molar-refractivity contribution in [3.05, 3.63) is 39.6 Å². The molecule has 1 aromatic carbocycles. The van der Waals surface area contributed by atoms with E-state index in [1.165, 1.54) is 4.80 Å². The number of hydrogen-bond acceptors (Lipinski definition) is 4. The Labute approximate surface area is 108 Å². The van der Waals surface area contributed by atoms with E-state index in [0.717, 1.165) is 15.6 Å². The maximum atomic E-state index is 6.15. The third-order valence-electron chi connectivity index (χ3n) is 2.58. The summed E-state index contributed by atoms with van der Waals surface area (Å²) >= 11 is 3.44. The van der Waals surface area contributed by atoms with Crippen molar-refractivity contribution in [2.75, 3.05) is 0 Å². The van der Waals surface area contributed by atoms with E-state index in [-0.39, 0.29) is 6.04 Å². The van der Waals surface area contributed by atoms with Gasteiger partial charge in [0.2, 0.25) is 0 Å². The Morgan fingerprint density at radius 1 is 1.47 bits per heavy atom. The standard InChI is InChI=1S/C11H14BrN5/c1-7-5-8(12)3-4-9(7)10(13)6-11-14-16-17(2)15-11/h3-5,10H,6,13H2,1-2H3. The zero-order chi connectivity index (χ0) is 12.4. The summed E-state index contributed by atoms with van der Waals surface area (Å²) in [5, 5.41) is 11.9. The van der Waals surface area contributed by atoms with E-state index in [1.807, 2.05) is 19.1 Å². The second-order valence-electron chi connectivity index (χ2n) is 4.01. The first-order valence-corrected chi connectivity index (χ1v) is 6.10. The summed E-state index contributed by atoms with van der Waals surface area (Å²) in [7, 11) is 1.74. The lowest BCUT2D eigenvalue weighted by Gasteiger charge is -2.13. The van der Waals surface area contributed by atoms with E-state index < -0.39 is 0 Å². The Bertz CT molecular complexity index is 522. The lowest BCUT2D eigenvalue weighted by molar-refractivity contribution is 0.622. The fraction of sp³-hybridized carbons (Fsp3) is 0.364. The van der Waals surface area contributed by atoms with Crippen LogP contribution in [0, 0.1) is 6.92 Å². The highest BCUT2D eigenvalue weighted by molar-refractivity contribution is 9.10. The minimum atomic E-state index is -0.104. The fourth-order valence-corrected chi connectivity index (χ4v) is 2.24. The van der Waals surface area contributed by atoms with Crippen LogP contribution < -0.4 is 5.73 Å². The quantitative estimate of drug-likeness (QED) is 0.932. The van der Waals surface area contributed by atoms with E-state index in [2.05, 4.69) is 37.4 Å². The zero-order valence-corrected chi connectivity index (χ0v) is 11.3. The Hall–Kier alpha value is -1.27. The molecule has 6 heteroatoms. The molecule has 1 unspecified atom stereocenters. The summed E-state index contributed by atoms with van der Waals surface area (Å²) in [6.07, 6.45) is 0.594. The lowest BCUT2D eigenvalue weighted by atomic mass is 9.99. The maximum absolute atomic E-state index is 6.15. The Morgan fingerprint density at radius 2 is 2.24 bits per heavy atom. The second-order valence-corrected chi connectivity index (χ2v) is 4.92. The maximum Gasteiger partial charge on any atom is 0.176 e. The lowest BCUT2D eigenvalue weighted by Crippen LogP contribution is -2.15. The van der Waals surface area contributed by atoms with Crippen molar-refractivity contribution in [3.8, 4) is 0 Å². The Kier molecular flexibility index (Phi) is 3.54. The first-order chi connectivity index (χ1) is 8.06. The molecule has 0 bridgehead atoms. The van der Waals surface area contributed by atoms with Gasteiger partial charge in [-0.2, -0.15) is 4.80 Å². The topological polar surface area (TPSA) is 69.6 Å². The first-order valence-electron chi connectivity index (χ1n) is 5.31. The molecule has 17 heavy (non-hydrogen) atoms. The summed E-state index contributed by atoms with van der Waals surface area (Å²) in [5.74, 6) is 0.669. The predicted molar refractivity (Wildman–Crippen MR) is 68.3 cm³/mol. The van der Waals surface area contributed by atoms with Crippen LogP contribution in [0.5, 0.6) is 0 Å². The molecule has 1 atom stereocenters. The highest BCUT2D eigenvalue weighted by atomic mass is 79.9. The minimum absolute atomic E-state index is 0.104. The summed E-state index contributed by atoms with van der Waals surface area (Å²) in [6.45, 7) is 2.05. The molecule has 1 aromatic heterocycles. The number of nitrogens with zero attached hydrogens (tertiary/aromatic N) is 4. The first kappa shape index (κ1) is 12.2. The van der Waals surface area contributed by atoms with E-state index in [0.29, 0.717) is 12.2 Å². The molecule has 1 heterocycles. The molecule has 0 aliphatic heterocycles. The summed E-state index contributed by atoms with van der Waals surface area (Å²) in [6, 6.07) is 5.97. The summed E-state index contributed by atoms with van der Waals surface area (Å²) < 4.78 is 1.06. The average molecular weight is 296 g/mol. The van der Waals surface area contributed by atoms with Crippen molar-refractivity contribution in [2.45, 2.75) is 19.4 Å². The minimum Gasteiger partial charge on any atom is -0.324 e. The second kappa shape index (κ2) is 4.93. The van der Waals surface area contributed by atoms with Crippen molar-refractivity contribution >= 4 is 15.9 Å². The molecule has 0 spiro atoms. The fourth-order valence-electron chi connectivity index (χ4n) is 1.77. The van der Waals surface area contributed by atoms with Gasteiger partial charge in [-0.15, -0.1) is 10.2 Å². The van der Waals surface area contributed by atoms with Gasteiger partial charge in [-0.25, -0.2) is 0 Å². The number of aromatic nitrogens is 4. The van der Waals surface area contributed by atoms with Crippen LogP contribution in [0.15, 0.2) is 22.7 Å². The molecule has 5 nitrogen and oxygen atoms in total. The molecule has 90 valence electrons. The zero-order valence-electron chi connectivity index (χ0n) is 9.76. The molecule has 0 saturated heterocycles. The van der Waals surface area contributed by atoms with Crippen LogP contribution in [0.25, 0.3) is 0 Å². The van der Waals surface area contributed by atoms with Gasteiger partial charge in [0, 0.05) is 16.9 Å². The van der Waals surface area contributed by atoms with Crippen molar-refractivity contribution in [1.29, 1.82) is 0 Å². The highest BCUT2D eigenvalue weighted by Gasteiger charge is 2.12. The van der Waals surface area contributed by atoms with Crippen molar-refractivity contribution in [1.82, 2.24) is 20.2 Å². The molecule has 0 aliphatic rings. The van der Waals surface area contributed by atoms with Crippen LogP contribution in [0.2, 0.25) is 0 Å². The van der Waals surface area contributed by atoms with Gasteiger partial charge in [-0.1, -0.05) is 22.0 Å². The van der Waals surface area contributed by atoms with Crippen molar-refractivity contribution < 1.29 is 0 Å². The molecule has 2 N–H and O–H groups in total. The van der Waals surface area contributed by atoms with Gasteiger partial charge in [-0.3, -0.25) is 0 Å². The largest absolute Gasteiger partial charge is 0.324 e. The number of aryl methyl sites for hydroxylation is 2. The van der Waals surface area contributed by atoms with E-state index in [4.69, 9.17) is 5.73 Å². The van der Waals surface area contributed by atoms with Crippen LogP contribution >= 0.6 is 15.9 Å². The van der Waals surface area contributed by atoms with Crippen LogP contribution in [-0.4, -0.2) is 20.2 Å². The van der Waals surface area contributed by atoms with Gasteiger partial charge < -0.3 is 5.73 Å². The highest BCUT2D eigenvalue weighted by Crippen LogP contribution is 2.21. The normalized spacial score (nSPS) is 12.7. The predicted octanol–water partition coefficient (Wildman–Crippen LogP) is 1.52. The summed E-state index contributed by atoms with van der Waals surface area (Å²) in [4.78, 5) is 1.44. The van der Waals surface area contributed by atoms with E-state index in [1.54, 1.807) is 7.05 Å². The third-order valence-corrected chi connectivity index (χ3v) is 3.08. The number of hydrogen-bond donors (Lipinski definition) is 1. The molecule has 2 rings (SSSR count). The Balaban J connectivity index is 2.17. The molecular formula is C11H14BrN5. The number of benzene rings is 1. The van der Waals surface area contributed by atoms with Gasteiger partial charge in [0.05, 0.1) is 7.05 Å². The van der Waals surface area contributed by atoms with Gasteiger partial charge >= 0.3 is 0 Å². The monoisotopic (exact) mass is 295 g/mol. The van der Waals surface area contributed by atoms with Crippen LogP contribution in [0.1, 0.15) is 23.0 Å². The molecule has 0 amide bonds. The van der Waals surface area contributed by atoms with Crippen molar-refractivity contribution in [3.63, 3.8) is 0 Å². The van der Waals surface area contributed by atoms with Crippen LogP contribution in [0.4, 0.5) is 0 Å². The molecule has 0 aliphatic carbocycles. The molecule has 2 aromatic rings. The smallest absolute Gasteiger partial charge is 0.176 e. The van der Waals surface area contributed by atoms with E-state index in [9.17, 15) is 0 Å².